The molecule has 0 aliphatic carbocycles. The Morgan fingerprint density at radius 2 is 1.92 bits per heavy atom. The summed E-state index contributed by atoms with van der Waals surface area (Å²) in [7, 11) is 1.57. The number of nitrogens with two attached hydrogens (primary N) is 1. The van der Waals surface area contributed by atoms with E-state index in [0.29, 0.717) is 11.0 Å². The third-order valence-electron chi connectivity index (χ3n) is 3.47. The summed E-state index contributed by atoms with van der Waals surface area (Å²) >= 11 is 1.05. The molecule has 134 valence electrons. The van der Waals surface area contributed by atoms with Crippen LogP contribution in [0, 0.1) is 0 Å². The van der Waals surface area contributed by atoms with E-state index in [1.54, 1.807) is 24.7 Å². The zero-order chi connectivity index (χ0) is 18.5. The molecule has 3 rings (SSSR count). The summed E-state index contributed by atoms with van der Waals surface area (Å²) in [6.45, 7) is 0. The Balaban J connectivity index is 1.95. The number of H-pyrrole nitrogens is 1. The molecular formula is C17H17N4O4S+. The Morgan fingerprint density at radius 3 is 2.62 bits per heavy atom. The number of rotatable bonds is 7. The van der Waals surface area contributed by atoms with Crippen LogP contribution in [0.5, 0.6) is 5.75 Å². The van der Waals surface area contributed by atoms with Crippen LogP contribution in [-0.4, -0.2) is 44.2 Å². The monoisotopic (exact) mass is 373 g/mol. The van der Waals surface area contributed by atoms with Crippen molar-refractivity contribution in [3.8, 4) is 28.3 Å². The van der Waals surface area contributed by atoms with E-state index in [4.69, 9.17) is 9.94 Å². The minimum absolute atomic E-state index is 0.104. The van der Waals surface area contributed by atoms with Gasteiger partial charge in [-0.1, -0.05) is 23.9 Å². The molecule has 0 spiro atoms. The first-order valence-corrected chi connectivity index (χ1v) is 8.61. The number of phenols is 1. The zero-order valence-electron chi connectivity index (χ0n) is 13.8. The third kappa shape index (κ3) is 4.39. The van der Waals surface area contributed by atoms with Gasteiger partial charge in [0.15, 0.2) is 11.5 Å². The van der Waals surface area contributed by atoms with E-state index in [0.717, 1.165) is 34.1 Å². The van der Waals surface area contributed by atoms with Crippen LogP contribution in [0.4, 0.5) is 5.69 Å². The van der Waals surface area contributed by atoms with Crippen molar-refractivity contribution in [2.24, 2.45) is 0 Å². The average molecular weight is 373 g/mol. The van der Waals surface area contributed by atoms with Crippen LogP contribution >= 0.6 is 11.8 Å². The minimum Gasteiger partial charge on any atom is -0.508 e. The summed E-state index contributed by atoms with van der Waals surface area (Å²) in [6, 6.07) is 12.7. The van der Waals surface area contributed by atoms with E-state index in [1.807, 2.05) is 30.3 Å². The van der Waals surface area contributed by atoms with Gasteiger partial charge in [0.2, 0.25) is 5.16 Å². The number of carbonyl (C=O) groups is 1. The molecule has 9 heteroatoms. The molecule has 0 saturated heterocycles. The molecule has 0 aliphatic heterocycles. The lowest BCUT2D eigenvalue weighted by Gasteiger charge is -2.07. The van der Waals surface area contributed by atoms with Gasteiger partial charge in [0, 0.05) is 17.7 Å². The van der Waals surface area contributed by atoms with Crippen molar-refractivity contribution >= 4 is 23.4 Å². The van der Waals surface area contributed by atoms with Crippen molar-refractivity contribution < 1.29 is 25.3 Å². The van der Waals surface area contributed by atoms with Crippen molar-refractivity contribution in [1.82, 2.24) is 15.2 Å². The van der Waals surface area contributed by atoms with Crippen LogP contribution in [0.3, 0.4) is 0 Å². The van der Waals surface area contributed by atoms with Crippen LogP contribution in [-0.2, 0) is 9.63 Å². The Kier molecular flexibility index (Phi) is 5.52. The SMILES string of the molecule is CO[NH2+]c1cc(-c2ccc(O)cc2)cc(-c2nc(SCC(=O)O)n[nH]2)c1. The van der Waals surface area contributed by atoms with Crippen LogP contribution < -0.4 is 5.48 Å². The van der Waals surface area contributed by atoms with Gasteiger partial charge in [-0.25, -0.2) is 9.82 Å². The van der Waals surface area contributed by atoms with E-state index in [1.165, 1.54) is 0 Å². The highest BCUT2D eigenvalue weighted by Crippen LogP contribution is 2.29. The summed E-state index contributed by atoms with van der Waals surface area (Å²) in [4.78, 5) is 20.1. The van der Waals surface area contributed by atoms with E-state index in [9.17, 15) is 9.90 Å². The number of quaternary nitrogens is 1. The second-order valence-corrected chi connectivity index (χ2v) is 6.34. The van der Waals surface area contributed by atoms with Crippen LogP contribution in [0.1, 0.15) is 0 Å². The van der Waals surface area contributed by atoms with Gasteiger partial charge in [-0.2, -0.15) is 5.48 Å². The molecule has 3 aromatic rings. The first-order valence-electron chi connectivity index (χ1n) is 7.63. The van der Waals surface area contributed by atoms with E-state index >= 15 is 0 Å². The number of carboxylic acids is 1. The number of benzene rings is 2. The smallest absolute Gasteiger partial charge is 0.313 e. The molecule has 0 fully saturated rings. The Bertz CT molecular complexity index is 911. The number of aliphatic carboxylic acids is 1. The predicted molar refractivity (Wildman–Crippen MR) is 95.9 cm³/mol. The maximum Gasteiger partial charge on any atom is 0.313 e. The highest BCUT2D eigenvalue weighted by atomic mass is 32.2. The lowest BCUT2D eigenvalue weighted by molar-refractivity contribution is -0.830. The normalized spacial score (nSPS) is 10.8. The highest BCUT2D eigenvalue weighted by Gasteiger charge is 2.12. The predicted octanol–water partition coefficient (Wildman–Crippen LogP) is 1.78. The summed E-state index contributed by atoms with van der Waals surface area (Å²) in [5, 5.41) is 25.5. The maximum absolute atomic E-state index is 10.7. The van der Waals surface area contributed by atoms with Gasteiger partial charge in [0.1, 0.15) is 5.75 Å². The molecule has 0 bridgehead atoms. The number of hydrogen-bond acceptors (Lipinski definition) is 6. The molecule has 1 heterocycles. The number of thioether (sulfide) groups is 1. The molecule has 2 aromatic carbocycles. The number of carboxylic acid groups (broad SMARTS) is 1. The number of hydrogen-bond donors (Lipinski definition) is 4. The molecule has 0 aliphatic rings. The van der Waals surface area contributed by atoms with Crippen LogP contribution in [0.2, 0.25) is 0 Å². The first-order chi connectivity index (χ1) is 12.5. The molecule has 1 aromatic heterocycles. The lowest BCUT2D eigenvalue weighted by atomic mass is 10.0. The second-order valence-electron chi connectivity index (χ2n) is 5.39. The number of phenolic OH excluding ortho intramolecular Hbond substituents is 1. The minimum atomic E-state index is -0.923. The fourth-order valence-corrected chi connectivity index (χ4v) is 2.90. The van der Waals surface area contributed by atoms with E-state index < -0.39 is 5.97 Å². The molecule has 26 heavy (non-hydrogen) atoms. The van der Waals surface area contributed by atoms with Crippen molar-refractivity contribution in [2.75, 3.05) is 12.9 Å². The largest absolute Gasteiger partial charge is 0.508 e. The van der Waals surface area contributed by atoms with Gasteiger partial charge < -0.3 is 10.2 Å². The zero-order valence-corrected chi connectivity index (χ0v) is 14.7. The highest BCUT2D eigenvalue weighted by molar-refractivity contribution is 7.99. The summed E-state index contributed by atoms with van der Waals surface area (Å²) in [5.41, 5.74) is 5.08. The van der Waals surface area contributed by atoms with Crippen LogP contribution in [0.25, 0.3) is 22.5 Å². The van der Waals surface area contributed by atoms with Gasteiger partial charge in [0.25, 0.3) is 0 Å². The fourth-order valence-electron chi connectivity index (χ4n) is 2.38. The maximum atomic E-state index is 10.7. The molecule has 0 saturated carbocycles. The molecule has 5 N–H and O–H groups in total. The number of nitrogens with zero attached hydrogens (tertiary/aromatic N) is 2. The van der Waals surface area contributed by atoms with Gasteiger partial charge in [-0.3, -0.25) is 9.89 Å². The van der Waals surface area contributed by atoms with Gasteiger partial charge >= 0.3 is 5.97 Å². The fraction of sp³-hybridized carbons (Fsp3) is 0.118. The Morgan fingerprint density at radius 1 is 1.19 bits per heavy atom. The molecule has 0 unspecified atom stereocenters. The van der Waals surface area contributed by atoms with E-state index in [2.05, 4.69) is 15.2 Å². The summed E-state index contributed by atoms with van der Waals surface area (Å²) < 4.78 is 0. The quantitative estimate of drug-likeness (QED) is 0.283. The molecule has 0 radical (unpaired) electrons. The number of aromatic amines is 1. The third-order valence-corrected chi connectivity index (χ3v) is 4.31. The van der Waals surface area contributed by atoms with Gasteiger partial charge in [-0.05, 0) is 29.3 Å². The first kappa shape index (κ1) is 17.9. The summed E-state index contributed by atoms with van der Waals surface area (Å²) in [6.07, 6.45) is 0. The van der Waals surface area contributed by atoms with Crippen molar-refractivity contribution in [3.63, 3.8) is 0 Å². The number of nitrogens with one attached hydrogen (secondary N) is 1. The molecule has 0 atom stereocenters. The van der Waals surface area contributed by atoms with E-state index in [-0.39, 0.29) is 11.5 Å². The molecular weight excluding hydrogens is 356 g/mol. The van der Waals surface area contributed by atoms with Crippen molar-refractivity contribution in [3.05, 3.63) is 42.5 Å². The standard InChI is InChI=1S/C17H16N4O4S/c1-25-21-13-7-11(10-2-4-14(22)5-3-10)6-12(8-13)16-18-17(20-19-16)26-9-15(23)24/h2-8,21-22H,9H2,1H3,(H,23,24)(H,18,19,20)/p+1. The topological polar surface area (TPSA) is 125 Å². The van der Waals surface area contributed by atoms with Crippen molar-refractivity contribution in [2.45, 2.75) is 5.16 Å². The van der Waals surface area contributed by atoms with Gasteiger partial charge in [-0.15, -0.1) is 5.10 Å². The Hall–Kier alpha value is -2.88. The second kappa shape index (κ2) is 8.00. The van der Waals surface area contributed by atoms with Gasteiger partial charge in [0.05, 0.1) is 12.9 Å². The summed E-state index contributed by atoms with van der Waals surface area (Å²) in [5.74, 6) is -0.297. The lowest BCUT2D eigenvalue weighted by Crippen LogP contribution is -2.75. The molecule has 0 amide bonds. The van der Waals surface area contributed by atoms with Crippen molar-refractivity contribution in [1.29, 1.82) is 0 Å². The average Bonchev–Trinajstić information content (AvgIpc) is 3.10. The number of aromatic nitrogens is 3. The van der Waals surface area contributed by atoms with Crippen LogP contribution in [0.15, 0.2) is 47.6 Å². The Labute approximate surface area is 153 Å². The number of aromatic hydroxyl groups is 1. The molecule has 8 nitrogen and oxygen atoms in total.